The summed E-state index contributed by atoms with van der Waals surface area (Å²) in [5.74, 6) is 1.83. The lowest BCUT2D eigenvalue weighted by molar-refractivity contribution is 0.103. The second-order valence-electron chi connectivity index (χ2n) is 5.43. The Morgan fingerprint density at radius 3 is 2.45 bits per heavy atom. The highest BCUT2D eigenvalue weighted by Crippen LogP contribution is 2.16. The fourth-order valence-electron chi connectivity index (χ4n) is 2.62. The molecule has 2 aromatic carbocycles. The molecule has 2 nitrogen and oxygen atoms in total. The fourth-order valence-corrected chi connectivity index (χ4v) is 3.60. The summed E-state index contributed by atoms with van der Waals surface area (Å²) in [5, 5.41) is 0. The molecule has 1 aliphatic heterocycles. The third-order valence-electron chi connectivity index (χ3n) is 3.79. The molecule has 1 saturated heterocycles. The van der Waals surface area contributed by atoms with Gasteiger partial charge in [0, 0.05) is 42.3 Å². The Labute approximate surface area is 134 Å². The van der Waals surface area contributed by atoms with E-state index in [2.05, 4.69) is 4.90 Å². The third-order valence-corrected chi connectivity index (χ3v) is 4.73. The number of thioether (sulfide) groups is 1. The molecular formula is C18H18FNOS. The summed E-state index contributed by atoms with van der Waals surface area (Å²) in [5.41, 5.74) is 2.15. The minimum Gasteiger partial charge on any atom is -0.297 e. The molecule has 0 aliphatic carbocycles. The van der Waals surface area contributed by atoms with Crippen molar-refractivity contribution in [1.29, 1.82) is 0 Å². The van der Waals surface area contributed by atoms with Gasteiger partial charge >= 0.3 is 0 Å². The largest absolute Gasteiger partial charge is 0.297 e. The summed E-state index contributed by atoms with van der Waals surface area (Å²) in [6.45, 7) is 3.05. The van der Waals surface area contributed by atoms with Gasteiger partial charge in [0.1, 0.15) is 5.82 Å². The lowest BCUT2D eigenvalue weighted by Crippen LogP contribution is -2.31. The van der Waals surface area contributed by atoms with Gasteiger partial charge in [0.25, 0.3) is 0 Å². The molecule has 2 aromatic rings. The van der Waals surface area contributed by atoms with Gasteiger partial charge in [-0.25, -0.2) is 4.39 Å². The number of carbonyl (C=O) groups is 1. The summed E-state index contributed by atoms with van der Waals surface area (Å²) < 4.78 is 13.3. The van der Waals surface area contributed by atoms with Gasteiger partial charge in [-0.3, -0.25) is 9.69 Å². The van der Waals surface area contributed by atoms with Gasteiger partial charge in [0.2, 0.25) is 0 Å². The Bertz CT molecular complexity index is 668. The molecule has 114 valence electrons. The van der Waals surface area contributed by atoms with Crippen LogP contribution in [0.5, 0.6) is 0 Å². The molecule has 3 rings (SSSR count). The van der Waals surface area contributed by atoms with Crippen LogP contribution in [-0.2, 0) is 6.54 Å². The molecule has 1 fully saturated rings. The van der Waals surface area contributed by atoms with Crippen LogP contribution < -0.4 is 0 Å². The van der Waals surface area contributed by atoms with Crippen molar-refractivity contribution in [3.63, 3.8) is 0 Å². The molecule has 0 bridgehead atoms. The molecule has 4 heteroatoms. The molecule has 0 atom stereocenters. The van der Waals surface area contributed by atoms with Crippen LogP contribution in [0.2, 0.25) is 0 Å². The zero-order valence-electron chi connectivity index (χ0n) is 12.3. The van der Waals surface area contributed by atoms with Crippen molar-refractivity contribution < 1.29 is 9.18 Å². The van der Waals surface area contributed by atoms with Crippen molar-refractivity contribution in [3.8, 4) is 0 Å². The van der Waals surface area contributed by atoms with Crippen LogP contribution in [-0.4, -0.2) is 35.3 Å². The van der Waals surface area contributed by atoms with E-state index in [0.717, 1.165) is 25.2 Å². The first-order valence-corrected chi connectivity index (χ1v) is 8.57. The van der Waals surface area contributed by atoms with Gasteiger partial charge < -0.3 is 0 Å². The first-order valence-electron chi connectivity index (χ1n) is 7.42. The van der Waals surface area contributed by atoms with Gasteiger partial charge in [-0.2, -0.15) is 11.8 Å². The topological polar surface area (TPSA) is 20.3 Å². The van der Waals surface area contributed by atoms with Crippen LogP contribution in [0, 0.1) is 5.82 Å². The highest BCUT2D eigenvalue weighted by atomic mass is 32.2. The Hall–Kier alpha value is -1.65. The third kappa shape index (κ3) is 3.76. The van der Waals surface area contributed by atoms with E-state index in [0.29, 0.717) is 11.1 Å². The normalized spacial score (nSPS) is 15.7. The first kappa shape index (κ1) is 15.3. The summed E-state index contributed by atoms with van der Waals surface area (Å²) in [7, 11) is 0. The number of hydrogen-bond acceptors (Lipinski definition) is 3. The molecule has 0 radical (unpaired) electrons. The van der Waals surface area contributed by atoms with Crippen molar-refractivity contribution in [1.82, 2.24) is 4.90 Å². The predicted octanol–water partition coefficient (Wildman–Crippen LogP) is 3.61. The molecule has 0 saturated carbocycles. The van der Waals surface area contributed by atoms with Crippen LogP contribution in [0.4, 0.5) is 4.39 Å². The molecule has 22 heavy (non-hydrogen) atoms. The Morgan fingerprint density at radius 1 is 1.05 bits per heavy atom. The number of ketones is 1. The average Bonchev–Trinajstić information content (AvgIpc) is 2.55. The maximum absolute atomic E-state index is 13.3. The zero-order valence-corrected chi connectivity index (χ0v) is 13.1. The van der Waals surface area contributed by atoms with Crippen LogP contribution in [0.15, 0.2) is 48.5 Å². The minimum absolute atomic E-state index is 0.129. The van der Waals surface area contributed by atoms with Crippen molar-refractivity contribution in [2.24, 2.45) is 0 Å². The fraction of sp³-hybridized carbons (Fsp3) is 0.278. The van der Waals surface area contributed by atoms with Crippen LogP contribution in [0.1, 0.15) is 21.5 Å². The highest BCUT2D eigenvalue weighted by molar-refractivity contribution is 7.99. The molecule has 0 aromatic heterocycles. The van der Waals surface area contributed by atoms with E-state index in [1.54, 1.807) is 18.2 Å². The number of hydrogen-bond donors (Lipinski definition) is 0. The maximum Gasteiger partial charge on any atom is 0.193 e. The SMILES string of the molecule is O=C(c1cccc(F)c1)c1cccc(CN2CCSCC2)c1. The zero-order chi connectivity index (χ0) is 15.4. The van der Waals surface area contributed by atoms with Gasteiger partial charge in [-0.1, -0.05) is 30.3 Å². The van der Waals surface area contributed by atoms with Crippen molar-refractivity contribution in [2.45, 2.75) is 6.54 Å². The Morgan fingerprint density at radius 2 is 1.73 bits per heavy atom. The second-order valence-corrected chi connectivity index (χ2v) is 6.65. The lowest BCUT2D eigenvalue weighted by atomic mass is 10.0. The Balaban J connectivity index is 1.76. The molecule has 0 N–H and O–H groups in total. The van der Waals surface area contributed by atoms with E-state index in [1.807, 2.05) is 30.0 Å². The van der Waals surface area contributed by atoms with E-state index in [4.69, 9.17) is 0 Å². The van der Waals surface area contributed by atoms with Crippen molar-refractivity contribution >= 4 is 17.5 Å². The molecule has 1 aliphatic rings. The monoisotopic (exact) mass is 315 g/mol. The van der Waals surface area contributed by atoms with E-state index in [9.17, 15) is 9.18 Å². The standard InChI is InChI=1S/C18H18FNOS/c19-17-6-2-5-16(12-17)18(21)15-4-1-3-14(11-15)13-20-7-9-22-10-8-20/h1-6,11-12H,7-10,13H2. The average molecular weight is 315 g/mol. The van der Waals surface area contributed by atoms with Crippen LogP contribution in [0.3, 0.4) is 0 Å². The second kappa shape index (κ2) is 7.07. The number of rotatable bonds is 4. The van der Waals surface area contributed by atoms with Crippen LogP contribution in [0.25, 0.3) is 0 Å². The lowest BCUT2D eigenvalue weighted by Gasteiger charge is -2.26. The number of halogens is 1. The Kier molecular flexibility index (Phi) is 4.90. The number of benzene rings is 2. The summed E-state index contributed by atoms with van der Waals surface area (Å²) in [4.78, 5) is 14.9. The maximum atomic E-state index is 13.3. The van der Waals surface area contributed by atoms with E-state index >= 15 is 0 Å². The smallest absolute Gasteiger partial charge is 0.193 e. The van der Waals surface area contributed by atoms with Crippen molar-refractivity contribution in [3.05, 3.63) is 71.0 Å². The van der Waals surface area contributed by atoms with Gasteiger partial charge in [0.15, 0.2) is 5.78 Å². The van der Waals surface area contributed by atoms with E-state index in [1.165, 1.54) is 23.6 Å². The van der Waals surface area contributed by atoms with Gasteiger partial charge in [-0.05, 0) is 23.8 Å². The molecule has 0 spiro atoms. The highest BCUT2D eigenvalue weighted by Gasteiger charge is 2.13. The molecule has 0 amide bonds. The minimum atomic E-state index is -0.382. The van der Waals surface area contributed by atoms with E-state index < -0.39 is 0 Å². The molecule has 1 heterocycles. The molecule has 0 unspecified atom stereocenters. The molecular weight excluding hydrogens is 297 g/mol. The quantitative estimate of drug-likeness (QED) is 0.804. The van der Waals surface area contributed by atoms with E-state index in [-0.39, 0.29) is 11.6 Å². The summed E-state index contributed by atoms with van der Waals surface area (Å²) in [6.07, 6.45) is 0. The predicted molar refractivity (Wildman–Crippen MR) is 88.9 cm³/mol. The first-order chi connectivity index (χ1) is 10.7. The van der Waals surface area contributed by atoms with Crippen molar-refractivity contribution in [2.75, 3.05) is 24.6 Å². The summed E-state index contributed by atoms with van der Waals surface area (Å²) in [6, 6.07) is 13.5. The van der Waals surface area contributed by atoms with Gasteiger partial charge in [0.05, 0.1) is 0 Å². The van der Waals surface area contributed by atoms with Gasteiger partial charge in [-0.15, -0.1) is 0 Å². The number of nitrogens with zero attached hydrogens (tertiary/aromatic N) is 1. The number of carbonyl (C=O) groups excluding carboxylic acids is 1. The van der Waals surface area contributed by atoms with Crippen LogP contribution >= 0.6 is 11.8 Å². The summed E-state index contributed by atoms with van der Waals surface area (Å²) >= 11 is 1.98.